The first kappa shape index (κ1) is 16.4. The summed E-state index contributed by atoms with van der Waals surface area (Å²) in [5.74, 6) is -0.757. The van der Waals surface area contributed by atoms with E-state index in [1.165, 1.54) is 12.3 Å². The van der Waals surface area contributed by atoms with Gasteiger partial charge < -0.3 is 10.2 Å². The standard InChI is InChI=1S/C15H24FN3O/c1-6-8-17-13-12(16)11(7-9-18-13)14(20)19(5)10-15(2,3)4/h7,9H,6,8,10H2,1-5H3,(H,17,18). The number of hydrogen-bond acceptors (Lipinski definition) is 3. The van der Waals surface area contributed by atoms with Crippen LogP contribution in [-0.2, 0) is 0 Å². The van der Waals surface area contributed by atoms with Crippen molar-refractivity contribution in [2.75, 3.05) is 25.5 Å². The normalized spacial score (nSPS) is 11.3. The Bertz CT molecular complexity index is 469. The van der Waals surface area contributed by atoms with Crippen LogP contribution in [0.5, 0.6) is 0 Å². The largest absolute Gasteiger partial charge is 0.368 e. The Labute approximate surface area is 120 Å². The van der Waals surface area contributed by atoms with Crippen LogP contribution in [0.3, 0.4) is 0 Å². The quantitative estimate of drug-likeness (QED) is 0.901. The van der Waals surface area contributed by atoms with Crippen molar-refractivity contribution in [1.82, 2.24) is 9.88 Å². The first-order valence-electron chi connectivity index (χ1n) is 6.90. The lowest BCUT2D eigenvalue weighted by molar-refractivity contribution is 0.0741. The first-order valence-corrected chi connectivity index (χ1v) is 6.90. The van der Waals surface area contributed by atoms with Crippen LogP contribution in [0.15, 0.2) is 12.3 Å². The third-order valence-electron chi connectivity index (χ3n) is 2.72. The molecule has 0 aliphatic heterocycles. The van der Waals surface area contributed by atoms with Gasteiger partial charge in [-0.1, -0.05) is 27.7 Å². The highest BCUT2D eigenvalue weighted by Gasteiger charge is 2.22. The number of carbonyl (C=O) groups is 1. The molecule has 0 saturated heterocycles. The van der Waals surface area contributed by atoms with Crippen LogP contribution >= 0.6 is 0 Å². The molecule has 1 aromatic rings. The molecule has 1 N–H and O–H groups in total. The van der Waals surface area contributed by atoms with Crippen LogP contribution in [0.2, 0.25) is 0 Å². The zero-order chi connectivity index (χ0) is 15.3. The number of aromatic nitrogens is 1. The third-order valence-corrected chi connectivity index (χ3v) is 2.72. The van der Waals surface area contributed by atoms with Crippen molar-refractivity contribution in [2.24, 2.45) is 5.41 Å². The van der Waals surface area contributed by atoms with Crippen molar-refractivity contribution in [1.29, 1.82) is 0 Å². The highest BCUT2D eigenvalue weighted by atomic mass is 19.1. The molecule has 0 atom stereocenters. The zero-order valence-corrected chi connectivity index (χ0v) is 13.0. The van der Waals surface area contributed by atoms with Gasteiger partial charge in [0.1, 0.15) is 0 Å². The number of carbonyl (C=O) groups excluding carboxylic acids is 1. The molecule has 0 unspecified atom stereocenters. The average molecular weight is 281 g/mol. The summed E-state index contributed by atoms with van der Waals surface area (Å²) in [5, 5.41) is 2.89. The van der Waals surface area contributed by atoms with Gasteiger partial charge in [-0.3, -0.25) is 4.79 Å². The SMILES string of the molecule is CCCNc1nccc(C(=O)N(C)CC(C)(C)C)c1F. The number of halogens is 1. The molecule has 0 aromatic carbocycles. The van der Waals surface area contributed by atoms with E-state index in [-0.39, 0.29) is 22.7 Å². The van der Waals surface area contributed by atoms with Gasteiger partial charge >= 0.3 is 0 Å². The molecular formula is C15H24FN3O. The summed E-state index contributed by atoms with van der Waals surface area (Å²) in [6.07, 6.45) is 2.32. The van der Waals surface area contributed by atoms with Gasteiger partial charge in [-0.15, -0.1) is 0 Å². The van der Waals surface area contributed by atoms with Crippen molar-refractivity contribution in [2.45, 2.75) is 34.1 Å². The lowest BCUT2D eigenvalue weighted by atomic mass is 9.96. The van der Waals surface area contributed by atoms with E-state index in [1.54, 1.807) is 11.9 Å². The Morgan fingerprint density at radius 2 is 2.10 bits per heavy atom. The molecule has 0 aliphatic rings. The second-order valence-electron chi connectivity index (χ2n) is 6.17. The Morgan fingerprint density at radius 1 is 1.45 bits per heavy atom. The van der Waals surface area contributed by atoms with Crippen LogP contribution in [0.4, 0.5) is 10.2 Å². The Hall–Kier alpha value is -1.65. The number of amides is 1. The second kappa shape index (κ2) is 6.68. The van der Waals surface area contributed by atoms with E-state index in [1.807, 2.05) is 27.7 Å². The minimum absolute atomic E-state index is 0.0305. The summed E-state index contributed by atoms with van der Waals surface area (Å²) >= 11 is 0. The van der Waals surface area contributed by atoms with Gasteiger partial charge in [-0.05, 0) is 17.9 Å². The Kier molecular flexibility index (Phi) is 5.48. The fourth-order valence-corrected chi connectivity index (χ4v) is 1.96. The molecule has 112 valence electrons. The maximum atomic E-state index is 14.3. The van der Waals surface area contributed by atoms with Gasteiger partial charge in [-0.25, -0.2) is 9.37 Å². The number of pyridine rings is 1. The van der Waals surface area contributed by atoms with Gasteiger partial charge in [0.2, 0.25) is 0 Å². The van der Waals surface area contributed by atoms with E-state index in [0.717, 1.165) is 6.42 Å². The number of anilines is 1. The van der Waals surface area contributed by atoms with Crippen LogP contribution in [0.1, 0.15) is 44.5 Å². The van der Waals surface area contributed by atoms with Gasteiger partial charge in [0, 0.05) is 26.3 Å². The maximum absolute atomic E-state index is 14.3. The van der Waals surface area contributed by atoms with E-state index in [4.69, 9.17) is 0 Å². The van der Waals surface area contributed by atoms with Gasteiger partial charge in [0.05, 0.1) is 5.56 Å². The maximum Gasteiger partial charge on any atom is 0.256 e. The summed E-state index contributed by atoms with van der Waals surface area (Å²) in [6, 6.07) is 1.42. The Balaban J connectivity index is 2.93. The minimum atomic E-state index is -0.577. The summed E-state index contributed by atoms with van der Waals surface area (Å²) in [7, 11) is 1.69. The van der Waals surface area contributed by atoms with Crippen LogP contribution < -0.4 is 5.32 Å². The molecule has 0 aliphatic carbocycles. The Morgan fingerprint density at radius 3 is 2.65 bits per heavy atom. The molecule has 0 bridgehead atoms. The van der Waals surface area contributed by atoms with Crippen LogP contribution in [-0.4, -0.2) is 35.9 Å². The molecule has 1 aromatic heterocycles. The lowest BCUT2D eigenvalue weighted by Gasteiger charge is -2.26. The fraction of sp³-hybridized carbons (Fsp3) is 0.600. The van der Waals surface area contributed by atoms with E-state index >= 15 is 0 Å². The molecule has 1 amide bonds. The molecule has 20 heavy (non-hydrogen) atoms. The molecule has 1 rings (SSSR count). The second-order valence-corrected chi connectivity index (χ2v) is 6.17. The number of rotatable bonds is 5. The molecule has 0 spiro atoms. The molecule has 0 fully saturated rings. The summed E-state index contributed by atoms with van der Waals surface area (Å²) in [4.78, 5) is 17.8. The topological polar surface area (TPSA) is 45.2 Å². The molecule has 5 heteroatoms. The average Bonchev–Trinajstić information content (AvgIpc) is 2.34. The van der Waals surface area contributed by atoms with Gasteiger partial charge in [-0.2, -0.15) is 0 Å². The molecule has 1 heterocycles. The molecular weight excluding hydrogens is 257 g/mol. The number of hydrogen-bond donors (Lipinski definition) is 1. The van der Waals surface area contributed by atoms with Crippen molar-refractivity contribution < 1.29 is 9.18 Å². The van der Waals surface area contributed by atoms with Gasteiger partial charge in [0.25, 0.3) is 5.91 Å². The van der Waals surface area contributed by atoms with Crippen molar-refractivity contribution in [3.63, 3.8) is 0 Å². The van der Waals surface area contributed by atoms with E-state index in [0.29, 0.717) is 13.1 Å². The monoisotopic (exact) mass is 281 g/mol. The fourth-order valence-electron chi connectivity index (χ4n) is 1.96. The third kappa shape index (κ3) is 4.47. The highest BCUT2D eigenvalue weighted by molar-refractivity contribution is 5.95. The summed E-state index contributed by atoms with van der Waals surface area (Å²) < 4.78 is 14.3. The number of nitrogens with zero attached hydrogens (tertiary/aromatic N) is 2. The highest BCUT2D eigenvalue weighted by Crippen LogP contribution is 2.19. The van der Waals surface area contributed by atoms with E-state index in [9.17, 15) is 9.18 Å². The van der Waals surface area contributed by atoms with Crippen molar-refractivity contribution >= 4 is 11.7 Å². The lowest BCUT2D eigenvalue weighted by Crippen LogP contribution is -2.35. The number of nitrogens with one attached hydrogen (secondary N) is 1. The zero-order valence-electron chi connectivity index (χ0n) is 13.0. The minimum Gasteiger partial charge on any atom is -0.368 e. The first-order chi connectivity index (χ1) is 9.26. The van der Waals surface area contributed by atoms with E-state index < -0.39 is 5.82 Å². The van der Waals surface area contributed by atoms with Crippen LogP contribution in [0, 0.1) is 11.2 Å². The predicted molar refractivity (Wildman–Crippen MR) is 79.4 cm³/mol. The van der Waals surface area contributed by atoms with Crippen LogP contribution in [0.25, 0.3) is 0 Å². The predicted octanol–water partition coefficient (Wildman–Crippen LogP) is 3.16. The van der Waals surface area contributed by atoms with Crippen molar-refractivity contribution in [3.05, 3.63) is 23.6 Å². The van der Waals surface area contributed by atoms with Gasteiger partial charge in [0.15, 0.2) is 11.6 Å². The van der Waals surface area contributed by atoms with Crippen molar-refractivity contribution in [3.8, 4) is 0 Å². The van der Waals surface area contributed by atoms with E-state index in [2.05, 4.69) is 10.3 Å². The summed E-state index contributed by atoms with van der Waals surface area (Å²) in [5.41, 5.74) is 0.0300. The smallest absolute Gasteiger partial charge is 0.256 e. The molecule has 0 saturated carbocycles. The molecule has 4 nitrogen and oxygen atoms in total. The summed E-state index contributed by atoms with van der Waals surface area (Å²) in [6.45, 7) is 9.28. The molecule has 0 radical (unpaired) electrons.